The van der Waals surface area contributed by atoms with Crippen molar-refractivity contribution in [1.82, 2.24) is 0 Å². The van der Waals surface area contributed by atoms with Gasteiger partial charge < -0.3 is 10.6 Å². The van der Waals surface area contributed by atoms with Crippen LogP contribution in [0, 0.1) is 5.82 Å². The topological polar surface area (TPSA) is 47.6 Å². The molecule has 3 nitrogen and oxygen atoms in total. The third-order valence-electron chi connectivity index (χ3n) is 1.41. The molecule has 0 aliphatic carbocycles. The van der Waals surface area contributed by atoms with Crippen molar-refractivity contribution in [2.24, 2.45) is 10.9 Å². The van der Waals surface area contributed by atoms with Gasteiger partial charge in [0.15, 0.2) is 0 Å². The molecule has 0 aliphatic rings. The van der Waals surface area contributed by atoms with Crippen LogP contribution < -0.4 is 10.6 Å². The van der Waals surface area contributed by atoms with Gasteiger partial charge in [0.05, 0.1) is 13.3 Å². The molecule has 0 fully saturated rings. The molecule has 1 aromatic rings. The Bertz CT molecular complexity index is 299. The van der Waals surface area contributed by atoms with Gasteiger partial charge in [-0.25, -0.2) is 4.39 Å². The predicted molar refractivity (Wildman–Crippen MR) is 44.7 cm³/mol. The van der Waals surface area contributed by atoms with Gasteiger partial charge in [0.2, 0.25) is 0 Å². The molecule has 0 bridgehead atoms. The Morgan fingerprint density at radius 3 is 2.92 bits per heavy atom. The van der Waals surface area contributed by atoms with Crippen molar-refractivity contribution in [1.29, 1.82) is 0 Å². The minimum atomic E-state index is -0.342. The molecule has 12 heavy (non-hydrogen) atoms. The maximum Gasteiger partial charge on any atom is 0.127 e. The summed E-state index contributed by atoms with van der Waals surface area (Å²) in [6.07, 6.45) is 1.34. The van der Waals surface area contributed by atoms with Crippen LogP contribution in [-0.4, -0.2) is 13.3 Å². The summed E-state index contributed by atoms with van der Waals surface area (Å²) in [6.45, 7) is 0. The van der Waals surface area contributed by atoms with Crippen LogP contribution >= 0.6 is 0 Å². The van der Waals surface area contributed by atoms with Crippen molar-refractivity contribution in [3.05, 3.63) is 29.6 Å². The van der Waals surface area contributed by atoms with Gasteiger partial charge in [-0.2, -0.15) is 5.10 Å². The number of rotatable bonds is 2. The molecule has 0 spiro atoms. The molecule has 0 heterocycles. The zero-order chi connectivity index (χ0) is 8.97. The van der Waals surface area contributed by atoms with E-state index in [1.165, 1.54) is 31.5 Å². The molecule has 0 unspecified atom stereocenters. The molecular formula is C8H9FN2O. The van der Waals surface area contributed by atoms with Crippen LogP contribution in [-0.2, 0) is 0 Å². The highest BCUT2D eigenvalue weighted by Gasteiger charge is 2.00. The molecule has 2 N–H and O–H groups in total. The van der Waals surface area contributed by atoms with Crippen molar-refractivity contribution in [2.75, 3.05) is 7.11 Å². The molecule has 0 atom stereocenters. The van der Waals surface area contributed by atoms with E-state index in [2.05, 4.69) is 5.10 Å². The molecule has 0 saturated heterocycles. The van der Waals surface area contributed by atoms with E-state index in [4.69, 9.17) is 10.6 Å². The zero-order valence-corrected chi connectivity index (χ0v) is 6.62. The minimum absolute atomic E-state index is 0.342. The maximum absolute atomic E-state index is 12.6. The van der Waals surface area contributed by atoms with Crippen molar-refractivity contribution >= 4 is 6.21 Å². The Kier molecular flexibility index (Phi) is 2.63. The Labute approximate surface area is 69.6 Å². The van der Waals surface area contributed by atoms with Gasteiger partial charge in [-0.3, -0.25) is 0 Å². The SMILES string of the molecule is COc1ccc(F)cc1C=NN. The van der Waals surface area contributed by atoms with Crippen LogP contribution in [0.3, 0.4) is 0 Å². The van der Waals surface area contributed by atoms with Crippen molar-refractivity contribution in [3.63, 3.8) is 0 Å². The number of halogens is 1. The molecule has 1 rings (SSSR count). The van der Waals surface area contributed by atoms with Gasteiger partial charge in [0, 0.05) is 5.56 Å². The third-order valence-corrected chi connectivity index (χ3v) is 1.41. The van der Waals surface area contributed by atoms with E-state index in [0.29, 0.717) is 11.3 Å². The van der Waals surface area contributed by atoms with Crippen molar-refractivity contribution in [3.8, 4) is 5.75 Å². The average molecular weight is 168 g/mol. The van der Waals surface area contributed by atoms with E-state index in [1.807, 2.05) is 0 Å². The first-order chi connectivity index (χ1) is 5.77. The highest BCUT2D eigenvalue weighted by atomic mass is 19.1. The maximum atomic E-state index is 12.6. The third kappa shape index (κ3) is 1.72. The van der Waals surface area contributed by atoms with Crippen LogP contribution in [0.15, 0.2) is 23.3 Å². The fourth-order valence-corrected chi connectivity index (χ4v) is 0.886. The van der Waals surface area contributed by atoms with Gasteiger partial charge in [0.25, 0.3) is 0 Å². The second-order valence-corrected chi connectivity index (χ2v) is 2.16. The first kappa shape index (κ1) is 8.52. The summed E-state index contributed by atoms with van der Waals surface area (Å²) >= 11 is 0. The summed E-state index contributed by atoms with van der Waals surface area (Å²) in [5.41, 5.74) is 0.528. The number of hydrogen-bond acceptors (Lipinski definition) is 3. The molecule has 0 saturated carbocycles. The van der Waals surface area contributed by atoms with Crippen LogP contribution in [0.2, 0.25) is 0 Å². The number of hydrazone groups is 1. The van der Waals surface area contributed by atoms with Crippen LogP contribution in [0.1, 0.15) is 5.56 Å². The van der Waals surface area contributed by atoms with E-state index >= 15 is 0 Å². The predicted octanol–water partition coefficient (Wildman–Crippen LogP) is 1.13. The number of nitrogens with two attached hydrogens (primary N) is 1. The van der Waals surface area contributed by atoms with Crippen LogP contribution in [0.4, 0.5) is 4.39 Å². The molecule has 4 heteroatoms. The molecular weight excluding hydrogens is 159 g/mol. The van der Waals surface area contributed by atoms with Gasteiger partial charge in [-0.1, -0.05) is 0 Å². The van der Waals surface area contributed by atoms with Crippen molar-refractivity contribution < 1.29 is 9.13 Å². The fraction of sp³-hybridized carbons (Fsp3) is 0.125. The molecule has 1 aromatic carbocycles. The molecule has 0 aliphatic heterocycles. The summed E-state index contributed by atoms with van der Waals surface area (Å²) < 4.78 is 17.6. The number of benzene rings is 1. The molecule has 64 valence electrons. The van der Waals surface area contributed by atoms with E-state index in [9.17, 15) is 4.39 Å². The lowest BCUT2D eigenvalue weighted by Crippen LogP contribution is -1.93. The lowest BCUT2D eigenvalue weighted by Gasteiger charge is -2.02. The molecule has 0 radical (unpaired) electrons. The first-order valence-electron chi connectivity index (χ1n) is 3.34. The minimum Gasteiger partial charge on any atom is -0.496 e. The van der Waals surface area contributed by atoms with E-state index in [0.717, 1.165) is 0 Å². The molecule has 0 aromatic heterocycles. The normalized spacial score (nSPS) is 10.5. The summed E-state index contributed by atoms with van der Waals surface area (Å²) in [6, 6.07) is 4.13. The lowest BCUT2D eigenvalue weighted by atomic mass is 10.2. The largest absolute Gasteiger partial charge is 0.496 e. The number of nitrogens with zero attached hydrogens (tertiary/aromatic N) is 1. The number of ether oxygens (including phenoxy) is 1. The second kappa shape index (κ2) is 3.71. The summed E-state index contributed by atoms with van der Waals surface area (Å²) in [5.74, 6) is 5.13. The van der Waals surface area contributed by atoms with Gasteiger partial charge in [-0.15, -0.1) is 0 Å². The van der Waals surface area contributed by atoms with Gasteiger partial charge in [0.1, 0.15) is 11.6 Å². The summed E-state index contributed by atoms with van der Waals surface area (Å²) in [5, 5.41) is 3.28. The number of hydrogen-bond donors (Lipinski definition) is 1. The monoisotopic (exact) mass is 168 g/mol. The van der Waals surface area contributed by atoms with E-state index < -0.39 is 0 Å². The molecule has 0 amide bonds. The zero-order valence-electron chi connectivity index (χ0n) is 6.62. The standard InChI is InChI=1S/C8H9FN2O/c1-12-8-3-2-7(9)4-6(8)5-11-10/h2-5H,10H2,1H3. The highest BCUT2D eigenvalue weighted by molar-refractivity contribution is 5.83. The van der Waals surface area contributed by atoms with Gasteiger partial charge in [-0.05, 0) is 18.2 Å². The van der Waals surface area contributed by atoms with Crippen LogP contribution in [0.25, 0.3) is 0 Å². The summed E-state index contributed by atoms with van der Waals surface area (Å²) in [4.78, 5) is 0. The van der Waals surface area contributed by atoms with Crippen molar-refractivity contribution in [2.45, 2.75) is 0 Å². The smallest absolute Gasteiger partial charge is 0.127 e. The Hall–Kier alpha value is -1.58. The summed E-state index contributed by atoms with van der Waals surface area (Å²) in [7, 11) is 1.50. The first-order valence-corrected chi connectivity index (χ1v) is 3.34. The quantitative estimate of drug-likeness (QED) is 0.408. The highest BCUT2D eigenvalue weighted by Crippen LogP contribution is 2.16. The fourth-order valence-electron chi connectivity index (χ4n) is 0.886. The second-order valence-electron chi connectivity index (χ2n) is 2.16. The number of methoxy groups -OCH3 is 1. The van der Waals surface area contributed by atoms with Crippen LogP contribution in [0.5, 0.6) is 5.75 Å². The Morgan fingerprint density at radius 2 is 2.33 bits per heavy atom. The Morgan fingerprint density at radius 1 is 1.58 bits per heavy atom. The average Bonchev–Trinajstić information content (AvgIpc) is 2.05. The lowest BCUT2D eigenvalue weighted by molar-refractivity contribution is 0.413. The van der Waals surface area contributed by atoms with E-state index in [1.54, 1.807) is 0 Å². The van der Waals surface area contributed by atoms with E-state index in [-0.39, 0.29) is 5.82 Å². The van der Waals surface area contributed by atoms with Gasteiger partial charge >= 0.3 is 0 Å². The Balaban J connectivity index is 3.12.